The number of rotatable bonds is 4. The number of nitrogens with zero attached hydrogens (tertiary/aromatic N) is 2. The van der Waals surface area contributed by atoms with Crippen molar-refractivity contribution in [1.82, 2.24) is 15.1 Å². The van der Waals surface area contributed by atoms with E-state index in [1.807, 2.05) is 7.05 Å². The number of benzene rings is 1. The molecule has 1 fully saturated rings. The van der Waals surface area contributed by atoms with E-state index in [-0.39, 0.29) is 0 Å². The number of likely N-dealkylation sites (N-methyl/N-ethyl adjacent to an activating group) is 1. The number of hydrogen-bond acceptors (Lipinski definition) is 3. The van der Waals surface area contributed by atoms with Crippen LogP contribution >= 0.6 is 0 Å². The first-order valence-corrected chi connectivity index (χ1v) is 6.91. The molecule has 0 aliphatic carbocycles. The van der Waals surface area contributed by atoms with Crippen molar-refractivity contribution in [3.05, 3.63) is 35.4 Å². The molecule has 0 unspecified atom stereocenters. The Morgan fingerprint density at radius 3 is 2.78 bits per heavy atom. The maximum atomic E-state index is 3.21. The Bertz CT molecular complexity index is 365. The quantitative estimate of drug-likeness (QED) is 0.871. The molecule has 1 aliphatic rings. The average molecular weight is 247 g/mol. The third kappa shape index (κ3) is 4.09. The molecule has 3 nitrogen and oxygen atoms in total. The first-order chi connectivity index (χ1) is 8.78. The van der Waals surface area contributed by atoms with Crippen molar-refractivity contribution in [2.45, 2.75) is 19.5 Å². The third-order valence-electron chi connectivity index (χ3n) is 3.59. The van der Waals surface area contributed by atoms with Crippen molar-refractivity contribution in [2.75, 3.05) is 40.3 Å². The normalized spacial score (nSPS) is 18.8. The fourth-order valence-corrected chi connectivity index (χ4v) is 2.56. The summed E-state index contributed by atoms with van der Waals surface area (Å²) in [6, 6.07) is 8.93. The summed E-state index contributed by atoms with van der Waals surface area (Å²) < 4.78 is 0. The van der Waals surface area contributed by atoms with Crippen molar-refractivity contribution in [1.29, 1.82) is 0 Å². The molecule has 1 aromatic carbocycles. The van der Waals surface area contributed by atoms with Gasteiger partial charge in [0.2, 0.25) is 0 Å². The standard InChI is InChI=1S/C15H25N3/c1-16-12-14-5-3-6-15(11-14)13-18-8-4-7-17(2)9-10-18/h3,5-6,11,16H,4,7-10,12-13H2,1-2H3. The fourth-order valence-electron chi connectivity index (χ4n) is 2.56. The number of nitrogens with one attached hydrogen (secondary N) is 1. The zero-order chi connectivity index (χ0) is 12.8. The summed E-state index contributed by atoms with van der Waals surface area (Å²) in [4.78, 5) is 5.00. The topological polar surface area (TPSA) is 18.5 Å². The monoisotopic (exact) mass is 247 g/mol. The van der Waals surface area contributed by atoms with Crippen LogP contribution in [0.4, 0.5) is 0 Å². The van der Waals surface area contributed by atoms with Gasteiger partial charge in [0, 0.05) is 26.2 Å². The van der Waals surface area contributed by atoms with E-state index in [1.165, 1.54) is 43.7 Å². The molecule has 0 bridgehead atoms. The van der Waals surface area contributed by atoms with Gasteiger partial charge in [-0.15, -0.1) is 0 Å². The Balaban J connectivity index is 1.93. The summed E-state index contributed by atoms with van der Waals surface area (Å²) in [6.07, 6.45) is 1.28. The van der Waals surface area contributed by atoms with Crippen LogP contribution < -0.4 is 5.32 Å². The van der Waals surface area contributed by atoms with Crippen LogP contribution in [0.1, 0.15) is 17.5 Å². The molecule has 1 aromatic rings. The van der Waals surface area contributed by atoms with Crippen LogP contribution in [0.15, 0.2) is 24.3 Å². The van der Waals surface area contributed by atoms with Crippen LogP contribution in [0.25, 0.3) is 0 Å². The Hall–Kier alpha value is -0.900. The van der Waals surface area contributed by atoms with Crippen LogP contribution in [0.2, 0.25) is 0 Å². The molecule has 0 atom stereocenters. The molecular formula is C15H25N3. The molecule has 1 aliphatic heterocycles. The van der Waals surface area contributed by atoms with E-state index in [2.05, 4.69) is 46.4 Å². The van der Waals surface area contributed by atoms with Gasteiger partial charge in [-0.25, -0.2) is 0 Å². The van der Waals surface area contributed by atoms with Crippen LogP contribution in [-0.2, 0) is 13.1 Å². The first kappa shape index (κ1) is 13.5. The maximum Gasteiger partial charge on any atom is 0.0234 e. The summed E-state index contributed by atoms with van der Waals surface area (Å²) in [5, 5.41) is 3.21. The van der Waals surface area contributed by atoms with Crippen LogP contribution in [0.3, 0.4) is 0 Å². The van der Waals surface area contributed by atoms with Gasteiger partial charge < -0.3 is 10.2 Å². The highest BCUT2D eigenvalue weighted by molar-refractivity contribution is 5.23. The predicted octanol–water partition coefficient (Wildman–Crippen LogP) is 1.54. The van der Waals surface area contributed by atoms with E-state index >= 15 is 0 Å². The van der Waals surface area contributed by atoms with Gasteiger partial charge in [0.1, 0.15) is 0 Å². The lowest BCUT2D eigenvalue weighted by molar-refractivity contribution is 0.269. The molecule has 100 valence electrons. The molecule has 1 heterocycles. The van der Waals surface area contributed by atoms with E-state index in [1.54, 1.807) is 0 Å². The largest absolute Gasteiger partial charge is 0.316 e. The minimum absolute atomic E-state index is 0.955. The molecule has 2 rings (SSSR count). The smallest absolute Gasteiger partial charge is 0.0234 e. The summed E-state index contributed by atoms with van der Waals surface area (Å²) >= 11 is 0. The average Bonchev–Trinajstić information content (AvgIpc) is 2.56. The fraction of sp³-hybridized carbons (Fsp3) is 0.600. The van der Waals surface area contributed by atoms with E-state index < -0.39 is 0 Å². The summed E-state index contributed by atoms with van der Waals surface area (Å²) in [5.41, 5.74) is 2.81. The van der Waals surface area contributed by atoms with Gasteiger partial charge in [-0.1, -0.05) is 24.3 Å². The summed E-state index contributed by atoms with van der Waals surface area (Å²) in [5.74, 6) is 0. The lowest BCUT2D eigenvalue weighted by Crippen LogP contribution is -2.28. The lowest BCUT2D eigenvalue weighted by atomic mass is 10.1. The SMILES string of the molecule is CNCc1cccc(CN2CCCN(C)CC2)c1. The highest BCUT2D eigenvalue weighted by atomic mass is 15.2. The van der Waals surface area contributed by atoms with Crippen molar-refractivity contribution in [3.8, 4) is 0 Å². The van der Waals surface area contributed by atoms with E-state index in [0.29, 0.717) is 0 Å². The zero-order valence-corrected chi connectivity index (χ0v) is 11.7. The Kier molecular flexibility index (Phi) is 5.17. The highest BCUT2D eigenvalue weighted by Gasteiger charge is 2.12. The zero-order valence-electron chi connectivity index (χ0n) is 11.7. The minimum atomic E-state index is 0.955. The van der Waals surface area contributed by atoms with Crippen molar-refractivity contribution in [3.63, 3.8) is 0 Å². The van der Waals surface area contributed by atoms with Crippen LogP contribution in [0, 0.1) is 0 Å². The van der Waals surface area contributed by atoms with Gasteiger partial charge in [-0.05, 0) is 44.7 Å². The lowest BCUT2D eigenvalue weighted by Gasteiger charge is -2.20. The maximum absolute atomic E-state index is 3.21. The highest BCUT2D eigenvalue weighted by Crippen LogP contribution is 2.10. The minimum Gasteiger partial charge on any atom is -0.316 e. The summed E-state index contributed by atoms with van der Waals surface area (Å²) in [6.45, 7) is 6.88. The second-order valence-corrected chi connectivity index (χ2v) is 5.28. The van der Waals surface area contributed by atoms with Gasteiger partial charge in [0.25, 0.3) is 0 Å². The molecule has 1 saturated heterocycles. The van der Waals surface area contributed by atoms with Crippen LogP contribution in [0.5, 0.6) is 0 Å². The molecule has 0 amide bonds. The predicted molar refractivity (Wildman–Crippen MR) is 76.6 cm³/mol. The molecule has 18 heavy (non-hydrogen) atoms. The molecular weight excluding hydrogens is 222 g/mol. The molecule has 0 radical (unpaired) electrons. The van der Waals surface area contributed by atoms with Gasteiger partial charge >= 0.3 is 0 Å². The second-order valence-electron chi connectivity index (χ2n) is 5.28. The van der Waals surface area contributed by atoms with E-state index in [0.717, 1.165) is 13.1 Å². The summed E-state index contributed by atoms with van der Waals surface area (Å²) in [7, 11) is 4.22. The number of hydrogen-bond donors (Lipinski definition) is 1. The molecule has 0 spiro atoms. The van der Waals surface area contributed by atoms with E-state index in [4.69, 9.17) is 0 Å². The Morgan fingerprint density at radius 1 is 1.11 bits per heavy atom. The first-order valence-electron chi connectivity index (χ1n) is 6.91. The molecule has 0 saturated carbocycles. The Labute approximate surface area is 111 Å². The Morgan fingerprint density at radius 2 is 1.94 bits per heavy atom. The second kappa shape index (κ2) is 6.88. The molecule has 1 N–H and O–H groups in total. The van der Waals surface area contributed by atoms with Crippen molar-refractivity contribution < 1.29 is 0 Å². The van der Waals surface area contributed by atoms with E-state index in [9.17, 15) is 0 Å². The molecule has 3 heteroatoms. The van der Waals surface area contributed by atoms with Gasteiger partial charge in [-0.2, -0.15) is 0 Å². The van der Waals surface area contributed by atoms with Gasteiger partial charge in [-0.3, -0.25) is 4.90 Å². The van der Waals surface area contributed by atoms with Gasteiger partial charge in [0.05, 0.1) is 0 Å². The van der Waals surface area contributed by atoms with Crippen molar-refractivity contribution >= 4 is 0 Å². The van der Waals surface area contributed by atoms with Crippen LogP contribution in [-0.4, -0.2) is 50.1 Å². The molecule has 0 aromatic heterocycles. The van der Waals surface area contributed by atoms with Gasteiger partial charge in [0.15, 0.2) is 0 Å². The third-order valence-corrected chi connectivity index (χ3v) is 3.59. The van der Waals surface area contributed by atoms with Crippen molar-refractivity contribution in [2.24, 2.45) is 0 Å².